The Balaban J connectivity index is 0.000000403. The van der Waals surface area contributed by atoms with Gasteiger partial charge < -0.3 is 4.42 Å². The number of pyridine rings is 1. The van der Waals surface area contributed by atoms with Gasteiger partial charge in [-0.25, -0.2) is 18.6 Å². The van der Waals surface area contributed by atoms with Crippen LogP contribution in [0.15, 0.2) is 59.1 Å². The molecular weight excluding hydrogens is 407 g/mol. The molecule has 0 atom stereocenters. The van der Waals surface area contributed by atoms with E-state index >= 15 is 0 Å². The van der Waals surface area contributed by atoms with Gasteiger partial charge in [0.05, 0.1) is 5.39 Å². The third kappa shape index (κ3) is 4.24. The summed E-state index contributed by atoms with van der Waals surface area (Å²) >= 11 is 5.95. The number of fused-ring (bicyclic) bond motifs is 3. The maximum atomic E-state index is 9.52. The molecule has 7 nitrogen and oxygen atoms in total. The summed E-state index contributed by atoms with van der Waals surface area (Å²) in [6.07, 6.45) is 1.92. The standard InChI is InChI=1S/C19H12ClN2O.ClHO4/c1-12-17(10-21)15-4-2-3-5-16(15)19-22(12)11-18(23-19)13-6-8-14(20)9-7-13;2-1(3,4)5/h2-9,11H,1H3;(H,2,3,4,5)/q+1;/p-1. The van der Waals surface area contributed by atoms with Crippen molar-refractivity contribution in [3.63, 3.8) is 0 Å². The second-order valence-corrected chi connectivity index (χ2v) is 6.97. The van der Waals surface area contributed by atoms with Crippen LogP contribution in [0.3, 0.4) is 0 Å². The van der Waals surface area contributed by atoms with Gasteiger partial charge in [-0.1, -0.05) is 29.8 Å². The number of benzene rings is 2. The molecule has 0 amide bonds. The highest BCUT2D eigenvalue weighted by molar-refractivity contribution is 6.30. The Hall–Kier alpha value is -2.70. The smallest absolute Gasteiger partial charge is 0.387 e. The van der Waals surface area contributed by atoms with Gasteiger partial charge >= 0.3 is 5.71 Å². The third-order valence-corrected chi connectivity index (χ3v) is 4.31. The highest BCUT2D eigenvalue weighted by atomic mass is 35.7. The highest BCUT2D eigenvalue weighted by Crippen LogP contribution is 2.28. The van der Waals surface area contributed by atoms with Crippen molar-refractivity contribution < 1.29 is 37.7 Å². The first-order valence-corrected chi connectivity index (χ1v) is 9.44. The summed E-state index contributed by atoms with van der Waals surface area (Å²) in [4.78, 5) is 0. The van der Waals surface area contributed by atoms with Crippen molar-refractivity contribution in [3.8, 4) is 17.4 Å². The lowest BCUT2D eigenvalue weighted by Gasteiger charge is -2.17. The predicted molar refractivity (Wildman–Crippen MR) is 89.3 cm³/mol. The van der Waals surface area contributed by atoms with Crippen LogP contribution in [-0.2, 0) is 0 Å². The highest BCUT2D eigenvalue weighted by Gasteiger charge is 2.23. The molecule has 0 saturated carbocycles. The van der Waals surface area contributed by atoms with E-state index < -0.39 is 10.2 Å². The summed E-state index contributed by atoms with van der Waals surface area (Å²) in [5, 5.41) is 12.0. The van der Waals surface area contributed by atoms with Crippen molar-refractivity contribution in [3.05, 3.63) is 71.0 Å². The van der Waals surface area contributed by atoms with Crippen molar-refractivity contribution in [2.45, 2.75) is 6.92 Å². The van der Waals surface area contributed by atoms with Gasteiger partial charge in [0.1, 0.15) is 11.6 Å². The van der Waals surface area contributed by atoms with Crippen LogP contribution in [0, 0.1) is 28.5 Å². The van der Waals surface area contributed by atoms with Crippen molar-refractivity contribution in [1.82, 2.24) is 0 Å². The van der Waals surface area contributed by atoms with Gasteiger partial charge in [0.2, 0.25) is 17.7 Å². The summed E-state index contributed by atoms with van der Waals surface area (Å²) < 4.78 is 42.0. The number of nitrogens with zero attached hydrogens (tertiary/aromatic N) is 2. The Kier molecular flexibility index (Phi) is 5.54. The first-order valence-electron chi connectivity index (χ1n) is 7.83. The molecule has 0 fully saturated rings. The second kappa shape index (κ2) is 7.73. The molecule has 0 unspecified atom stereocenters. The number of nitriles is 1. The summed E-state index contributed by atoms with van der Waals surface area (Å²) in [6, 6.07) is 17.6. The van der Waals surface area contributed by atoms with Crippen LogP contribution in [0.4, 0.5) is 0 Å². The van der Waals surface area contributed by atoms with Gasteiger partial charge in [-0.15, -0.1) is 14.6 Å². The van der Waals surface area contributed by atoms with Gasteiger partial charge in [0.25, 0.3) is 0 Å². The normalized spacial score (nSPS) is 11.2. The van der Waals surface area contributed by atoms with Gasteiger partial charge in [-0.3, -0.25) is 0 Å². The minimum absolute atomic E-state index is 0.668. The molecule has 0 N–H and O–H groups in total. The number of aromatic nitrogens is 1. The van der Waals surface area contributed by atoms with Crippen molar-refractivity contribution in [1.29, 1.82) is 5.26 Å². The minimum Gasteiger partial charge on any atom is -0.397 e. The Labute approximate surface area is 166 Å². The molecule has 0 aliphatic heterocycles. The summed E-state index contributed by atoms with van der Waals surface area (Å²) in [5.41, 5.74) is 3.22. The van der Waals surface area contributed by atoms with E-state index in [1.54, 1.807) is 0 Å². The van der Waals surface area contributed by atoms with Crippen molar-refractivity contribution >= 4 is 28.1 Å². The molecule has 0 aliphatic rings. The Morgan fingerprint density at radius 1 is 1.00 bits per heavy atom. The van der Waals surface area contributed by atoms with E-state index in [1.807, 2.05) is 66.1 Å². The van der Waals surface area contributed by atoms with Crippen LogP contribution < -0.4 is 23.0 Å². The molecule has 4 rings (SSSR count). The van der Waals surface area contributed by atoms with Gasteiger partial charge in [0, 0.05) is 22.9 Å². The zero-order valence-corrected chi connectivity index (χ0v) is 15.9. The number of halogens is 2. The summed E-state index contributed by atoms with van der Waals surface area (Å²) in [5.74, 6) is 0.741. The van der Waals surface area contributed by atoms with E-state index in [0.29, 0.717) is 10.6 Å². The van der Waals surface area contributed by atoms with E-state index in [-0.39, 0.29) is 0 Å². The average Bonchev–Trinajstić information content (AvgIpc) is 3.07. The molecule has 2 heterocycles. The van der Waals surface area contributed by atoms with Gasteiger partial charge in [-0.05, 0) is 30.3 Å². The molecular formula is C19H12Cl2N2O5. The Morgan fingerprint density at radius 2 is 1.57 bits per heavy atom. The number of oxazole rings is 1. The first-order chi connectivity index (χ1) is 13.2. The fraction of sp³-hybridized carbons (Fsp3) is 0.0526. The van der Waals surface area contributed by atoms with Gasteiger partial charge in [-0.2, -0.15) is 5.26 Å². The molecule has 9 heteroatoms. The molecule has 0 radical (unpaired) electrons. The number of rotatable bonds is 1. The lowest BCUT2D eigenvalue weighted by atomic mass is 10.1. The average molecular weight is 419 g/mol. The maximum absolute atomic E-state index is 9.52. The molecule has 2 aromatic carbocycles. The number of hydrogen-bond acceptors (Lipinski definition) is 6. The van der Waals surface area contributed by atoms with Crippen LogP contribution >= 0.6 is 11.6 Å². The molecule has 142 valence electrons. The van der Waals surface area contributed by atoms with E-state index in [4.69, 9.17) is 34.7 Å². The lowest BCUT2D eigenvalue weighted by Crippen LogP contribution is -2.68. The second-order valence-electron chi connectivity index (χ2n) is 5.77. The van der Waals surface area contributed by atoms with E-state index in [2.05, 4.69) is 6.07 Å². The largest absolute Gasteiger partial charge is 0.397 e. The quantitative estimate of drug-likeness (QED) is 0.396. The zero-order valence-electron chi connectivity index (χ0n) is 14.4. The molecule has 2 aromatic heterocycles. The van der Waals surface area contributed by atoms with Crippen LogP contribution in [0.1, 0.15) is 11.3 Å². The molecule has 0 saturated heterocycles. The lowest BCUT2D eigenvalue weighted by molar-refractivity contribution is -2.00. The SMILES string of the molecule is Cc1c(C#N)c2ccccc2c2oc(-c3ccc(Cl)cc3)c[n+]12.[O-][Cl+3]([O-])([O-])[O-]. The molecule has 0 spiro atoms. The van der Waals surface area contributed by atoms with E-state index in [1.165, 1.54) is 0 Å². The number of hydrogen-bond donors (Lipinski definition) is 0. The monoisotopic (exact) mass is 418 g/mol. The fourth-order valence-corrected chi connectivity index (χ4v) is 3.01. The maximum Gasteiger partial charge on any atom is 0.387 e. The van der Waals surface area contributed by atoms with Crippen LogP contribution in [0.2, 0.25) is 5.02 Å². The first kappa shape index (κ1) is 20.0. The topological polar surface area (TPSA) is 133 Å². The summed E-state index contributed by atoms with van der Waals surface area (Å²) in [6.45, 7) is 1.93. The van der Waals surface area contributed by atoms with Gasteiger partial charge in [0.15, 0.2) is 0 Å². The zero-order chi connectivity index (χ0) is 20.5. The molecule has 0 aliphatic carbocycles. The van der Waals surface area contributed by atoms with E-state index in [9.17, 15) is 5.26 Å². The molecule has 28 heavy (non-hydrogen) atoms. The van der Waals surface area contributed by atoms with Crippen molar-refractivity contribution in [2.75, 3.05) is 0 Å². The minimum atomic E-state index is -4.94. The fourth-order valence-electron chi connectivity index (χ4n) is 2.88. The summed E-state index contributed by atoms with van der Waals surface area (Å²) in [7, 11) is -4.94. The number of aryl methyl sites for hydroxylation is 1. The van der Waals surface area contributed by atoms with Crippen LogP contribution in [-0.4, -0.2) is 0 Å². The van der Waals surface area contributed by atoms with Crippen molar-refractivity contribution in [2.24, 2.45) is 0 Å². The Morgan fingerprint density at radius 3 is 2.14 bits per heavy atom. The molecule has 0 bridgehead atoms. The van der Waals surface area contributed by atoms with E-state index in [0.717, 1.165) is 33.5 Å². The molecule has 4 aromatic rings. The van der Waals surface area contributed by atoms with Crippen LogP contribution in [0.25, 0.3) is 27.8 Å². The third-order valence-electron chi connectivity index (χ3n) is 4.06. The predicted octanol–water partition coefficient (Wildman–Crippen LogP) is -0.0840. The Bertz CT molecular complexity index is 1190. The van der Waals surface area contributed by atoms with Crippen LogP contribution in [0.5, 0.6) is 0 Å².